The molecule has 3 aromatic rings. The number of aromatic amines is 1. The number of nitrogens with one attached hydrogen (secondary N) is 2. The van der Waals surface area contributed by atoms with Crippen molar-refractivity contribution >= 4 is 11.6 Å². The maximum atomic E-state index is 4.69. The molecule has 2 aromatic carbocycles. The minimum Gasteiger partial charge on any atom is -0.385 e. The zero-order valence-electron chi connectivity index (χ0n) is 18.7. The standard InChI is InChI=1S/C16H15N3.C5H12.C4H10O.2H2/c1-12-7-9-14(10-8-12)18-16-17-11-15(19-16)13-5-3-2-4-6-13;1-3-5-4-2;1-3-4-5-2;;/h2-11H,1H3,(H2,17,18,19);3-5H2,1-2H3;3-4H2,1-2H3;2*1H. The van der Waals surface area contributed by atoms with Crippen LogP contribution in [0.25, 0.3) is 11.3 Å². The molecule has 0 aliphatic rings. The fraction of sp³-hybridized carbons (Fsp3) is 0.400. The molecule has 3 rings (SSSR count). The van der Waals surface area contributed by atoms with E-state index in [1.807, 2.05) is 36.5 Å². The van der Waals surface area contributed by atoms with E-state index in [1.165, 1.54) is 24.8 Å². The number of ether oxygens (including phenoxy) is 1. The Hall–Kier alpha value is -2.59. The summed E-state index contributed by atoms with van der Waals surface area (Å²) in [5.41, 5.74) is 4.41. The number of nitrogens with zero attached hydrogens (tertiary/aromatic N) is 1. The summed E-state index contributed by atoms with van der Waals surface area (Å²) in [5, 5.41) is 3.25. The molecular formula is C25H41N3O. The van der Waals surface area contributed by atoms with E-state index in [0.29, 0.717) is 0 Å². The SMILES string of the molecule is CCCCC.CCCOC.Cc1ccc(Nc2ncc(-c3ccccc3)[nH]2)cc1.[HH].[HH]. The maximum Gasteiger partial charge on any atom is 0.205 e. The highest BCUT2D eigenvalue weighted by Crippen LogP contribution is 2.20. The summed E-state index contributed by atoms with van der Waals surface area (Å²) >= 11 is 0. The van der Waals surface area contributed by atoms with Crippen LogP contribution >= 0.6 is 0 Å². The van der Waals surface area contributed by atoms with Crippen molar-refractivity contribution in [3.05, 3.63) is 66.4 Å². The molecule has 0 amide bonds. The molecule has 29 heavy (non-hydrogen) atoms. The molecule has 0 spiro atoms. The number of aryl methyl sites for hydroxylation is 1. The van der Waals surface area contributed by atoms with Gasteiger partial charge in [0.1, 0.15) is 0 Å². The maximum absolute atomic E-state index is 4.69. The van der Waals surface area contributed by atoms with Crippen LogP contribution < -0.4 is 5.32 Å². The first kappa shape index (κ1) is 24.4. The quantitative estimate of drug-likeness (QED) is 0.425. The molecule has 4 heteroatoms. The minimum atomic E-state index is 0. The molecule has 0 fully saturated rings. The van der Waals surface area contributed by atoms with Gasteiger partial charge < -0.3 is 15.0 Å². The lowest BCUT2D eigenvalue weighted by Gasteiger charge is -2.03. The van der Waals surface area contributed by atoms with Crippen molar-refractivity contribution in [2.45, 2.75) is 53.4 Å². The highest BCUT2D eigenvalue weighted by atomic mass is 16.5. The van der Waals surface area contributed by atoms with E-state index in [2.05, 4.69) is 67.2 Å². The van der Waals surface area contributed by atoms with Gasteiger partial charge in [0.05, 0.1) is 11.9 Å². The number of imidazole rings is 1. The molecule has 0 saturated carbocycles. The van der Waals surface area contributed by atoms with Crippen LogP contribution in [-0.2, 0) is 4.74 Å². The van der Waals surface area contributed by atoms with Crippen LogP contribution in [0.15, 0.2) is 60.8 Å². The van der Waals surface area contributed by atoms with Gasteiger partial charge in [-0.05, 0) is 31.0 Å². The number of methoxy groups -OCH3 is 1. The smallest absolute Gasteiger partial charge is 0.205 e. The number of unbranched alkanes of at least 4 members (excludes halogenated alkanes) is 2. The first-order valence-electron chi connectivity index (χ1n) is 10.6. The molecular weight excluding hydrogens is 358 g/mol. The van der Waals surface area contributed by atoms with Crippen molar-refractivity contribution in [2.24, 2.45) is 0 Å². The van der Waals surface area contributed by atoms with Crippen LogP contribution in [0.2, 0.25) is 0 Å². The number of hydrogen-bond acceptors (Lipinski definition) is 3. The van der Waals surface area contributed by atoms with Crippen molar-refractivity contribution in [1.82, 2.24) is 9.97 Å². The lowest BCUT2D eigenvalue weighted by atomic mass is 10.2. The molecule has 2 N–H and O–H groups in total. The summed E-state index contributed by atoms with van der Waals surface area (Å²) in [6.45, 7) is 9.47. The van der Waals surface area contributed by atoms with Gasteiger partial charge in [-0.2, -0.15) is 0 Å². The van der Waals surface area contributed by atoms with Crippen molar-refractivity contribution in [3.8, 4) is 11.3 Å². The zero-order valence-corrected chi connectivity index (χ0v) is 18.7. The molecule has 162 valence electrons. The predicted octanol–water partition coefficient (Wildman–Crippen LogP) is 7.86. The molecule has 0 saturated heterocycles. The van der Waals surface area contributed by atoms with Gasteiger partial charge in [0.25, 0.3) is 0 Å². The first-order valence-corrected chi connectivity index (χ1v) is 10.6. The predicted molar refractivity (Wildman–Crippen MR) is 130 cm³/mol. The van der Waals surface area contributed by atoms with E-state index in [0.717, 1.165) is 35.9 Å². The summed E-state index contributed by atoms with van der Waals surface area (Å²) in [5.74, 6) is 0.753. The molecule has 0 aliphatic carbocycles. The molecule has 1 heterocycles. The van der Waals surface area contributed by atoms with E-state index in [9.17, 15) is 0 Å². The van der Waals surface area contributed by atoms with Gasteiger partial charge in [-0.1, -0.05) is 88.1 Å². The fourth-order valence-corrected chi connectivity index (χ4v) is 2.48. The van der Waals surface area contributed by atoms with Crippen LogP contribution in [-0.4, -0.2) is 23.7 Å². The Morgan fingerprint density at radius 3 is 2.07 bits per heavy atom. The van der Waals surface area contributed by atoms with Crippen LogP contribution in [0.1, 0.15) is 54.9 Å². The number of hydrogen-bond donors (Lipinski definition) is 2. The third-order valence-corrected chi connectivity index (χ3v) is 4.09. The number of H-pyrrole nitrogens is 1. The molecule has 1 aromatic heterocycles. The molecule has 0 radical (unpaired) electrons. The molecule has 0 unspecified atom stereocenters. The van der Waals surface area contributed by atoms with Crippen LogP contribution in [0.5, 0.6) is 0 Å². The van der Waals surface area contributed by atoms with Gasteiger partial charge in [-0.15, -0.1) is 0 Å². The van der Waals surface area contributed by atoms with Gasteiger partial charge in [-0.25, -0.2) is 4.98 Å². The third-order valence-electron chi connectivity index (χ3n) is 4.09. The Bertz CT molecular complexity index is 752. The van der Waals surface area contributed by atoms with Crippen molar-refractivity contribution < 1.29 is 7.59 Å². The number of benzene rings is 2. The van der Waals surface area contributed by atoms with E-state index >= 15 is 0 Å². The van der Waals surface area contributed by atoms with Crippen molar-refractivity contribution in [3.63, 3.8) is 0 Å². The molecule has 4 nitrogen and oxygen atoms in total. The number of aromatic nitrogens is 2. The Morgan fingerprint density at radius 2 is 1.59 bits per heavy atom. The first-order chi connectivity index (χ1) is 14.1. The fourth-order valence-electron chi connectivity index (χ4n) is 2.48. The second kappa shape index (κ2) is 15.3. The molecule has 0 bridgehead atoms. The second-order valence-electron chi connectivity index (χ2n) is 6.85. The average Bonchev–Trinajstić information content (AvgIpc) is 3.21. The lowest BCUT2D eigenvalue weighted by molar-refractivity contribution is 0.199. The Kier molecular flexibility index (Phi) is 12.9. The summed E-state index contributed by atoms with van der Waals surface area (Å²) in [7, 11) is 1.71. The Morgan fingerprint density at radius 1 is 0.931 bits per heavy atom. The van der Waals surface area contributed by atoms with Gasteiger partial charge in [0.15, 0.2) is 0 Å². The highest BCUT2D eigenvalue weighted by molar-refractivity contribution is 5.62. The third kappa shape index (κ3) is 10.5. The summed E-state index contributed by atoms with van der Waals surface area (Å²) < 4.78 is 4.69. The highest BCUT2D eigenvalue weighted by Gasteiger charge is 2.02. The summed E-state index contributed by atoms with van der Waals surface area (Å²) in [4.78, 5) is 7.61. The molecule has 0 atom stereocenters. The largest absolute Gasteiger partial charge is 0.385 e. The lowest BCUT2D eigenvalue weighted by Crippen LogP contribution is -1.92. The van der Waals surface area contributed by atoms with Gasteiger partial charge in [0.2, 0.25) is 5.95 Å². The summed E-state index contributed by atoms with van der Waals surface area (Å²) in [6.07, 6.45) is 7.04. The van der Waals surface area contributed by atoms with Crippen LogP contribution in [0.3, 0.4) is 0 Å². The molecule has 0 aliphatic heterocycles. The van der Waals surface area contributed by atoms with Crippen molar-refractivity contribution in [2.75, 3.05) is 19.0 Å². The number of rotatable bonds is 7. The van der Waals surface area contributed by atoms with E-state index in [-0.39, 0.29) is 2.85 Å². The van der Waals surface area contributed by atoms with Gasteiger partial charge >= 0.3 is 0 Å². The van der Waals surface area contributed by atoms with E-state index in [4.69, 9.17) is 4.74 Å². The van der Waals surface area contributed by atoms with E-state index < -0.39 is 0 Å². The van der Waals surface area contributed by atoms with Crippen molar-refractivity contribution in [1.29, 1.82) is 0 Å². The normalized spacial score (nSPS) is 9.69. The summed E-state index contributed by atoms with van der Waals surface area (Å²) in [6, 6.07) is 18.4. The van der Waals surface area contributed by atoms with Gasteiger partial charge in [-0.3, -0.25) is 0 Å². The zero-order chi connectivity index (χ0) is 21.3. The van der Waals surface area contributed by atoms with Crippen LogP contribution in [0, 0.1) is 6.92 Å². The second-order valence-corrected chi connectivity index (χ2v) is 6.85. The average molecular weight is 400 g/mol. The van der Waals surface area contributed by atoms with E-state index in [1.54, 1.807) is 7.11 Å². The minimum absolute atomic E-state index is 0. The number of anilines is 2. The Labute approximate surface area is 179 Å². The Balaban J connectivity index is 0. The van der Waals surface area contributed by atoms with Gasteiger partial charge in [0, 0.05) is 22.3 Å². The topological polar surface area (TPSA) is 49.9 Å². The monoisotopic (exact) mass is 399 g/mol. The van der Waals surface area contributed by atoms with Crippen LogP contribution in [0.4, 0.5) is 11.6 Å².